The molecule has 1 unspecified atom stereocenters. The van der Waals surface area contributed by atoms with Crippen molar-refractivity contribution in [2.24, 2.45) is 0 Å². The number of hydrogen-bond acceptors (Lipinski definition) is 3. The van der Waals surface area contributed by atoms with E-state index < -0.39 is 40.4 Å². The molecule has 1 aromatic carbocycles. The molecular formula is C6H2F4NaO3S-. The number of rotatable bonds is 2. The Hall–Kier alpha value is -0.150. The summed E-state index contributed by atoms with van der Waals surface area (Å²) in [5.41, 5.74) is 0. The van der Waals surface area contributed by atoms with E-state index in [9.17, 15) is 26.3 Å². The van der Waals surface area contributed by atoms with E-state index in [-0.39, 0.29) is 37.1 Å². The summed E-state index contributed by atoms with van der Waals surface area (Å²) in [6.07, 6.45) is 0. The predicted molar refractivity (Wildman–Crippen MR) is 36.9 cm³/mol. The van der Waals surface area contributed by atoms with Gasteiger partial charge in [0.05, 0.1) is 0 Å². The molecule has 1 atom stereocenters. The summed E-state index contributed by atoms with van der Waals surface area (Å²) in [6.45, 7) is 0. The molecule has 0 radical (unpaired) electrons. The van der Waals surface area contributed by atoms with Gasteiger partial charge < -0.3 is 10.2 Å². The quantitative estimate of drug-likeness (QED) is 0.280. The van der Waals surface area contributed by atoms with Crippen LogP contribution in [0.5, 0.6) is 5.75 Å². The Morgan fingerprint density at radius 2 is 1.60 bits per heavy atom. The molecule has 1 rings (SSSR count). The van der Waals surface area contributed by atoms with E-state index in [0.29, 0.717) is 0 Å². The SMILES string of the molecule is O=S([O-])Oc1c(F)c(F)cc(F)c1F.[H-].[Na+]. The summed E-state index contributed by atoms with van der Waals surface area (Å²) in [5.74, 6) is -8.94. The molecule has 0 aromatic heterocycles. The number of benzene rings is 1. The van der Waals surface area contributed by atoms with Crippen LogP contribution in [0.4, 0.5) is 17.6 Å². The fourth-order valence-electron chi connectivity index (χ4n) is 0.692. The third-order valence-electron chi connectivity index (χ3n) is 1.22. The number of hydrogen-bond donors (Lipinski definition) is 0. The van der Waals surface area contributed by atoms with Crippen molar-refractivity contribution in [3.63, 3.8) is 0 Å². The van der Waals surface area contributed by atoms with Crippen molar-refractivity contribution in [1.29, 1.82) is 0 Å². The molecule has 0 saturated carbocycles. The topological polar surface area (TPSA) is 49.4 Å². The van der Waals surface area contributed by atoms with Crippen molar-refractivity contribution in [2.45, 2.75) is 0 Å². The van der Waals surface area contributed by atoms with E-state index in [1.165, 1.54) is 0 Å². The molecule has 0 spiro atoms. The summed E-state index contributed by atoms with van der Waals surface area (Å²) in [4.78, 5) is 0. The molecule has 0 saturated heterocycles. The second-order valence-corrected chi connectivity index (χ2v) is 2.66. The van der Waals surface area contributed by atoms with E-state index >= 15 is 0 Å². The zero-order valence-corrected chi connectivity index (χ0v) is 10.0. The average Bonchev–Trinajstić information content (AvgIpc) is 2.09. The molecule has 80 valence electrons. The van der Waals surface area contributed by atoms with Gasteiger partial charge in [0.25, 0.3) is 0 Å². The minimum absolute atomic E-state index is 0. The van der Waals surface area contributed by atoms with E-state index in [2.05, 4.69) is 4.18 Å². The molecule has 0 aliphatic carbocycles. The molecule has 0 heterocycles. The van der Waals surface area contributed by atoms with Gasteiger partial charge in [-0.2, -0.15) is 8.78 Å². The first kappa shape index (κ1) is 14.8. The Bertz CT molecular complexity index is 380. The van der Waals surface area contributed by atoms with Crippen molar-refractivity contribution >= 4 is 11.4 Å². The third-order valence-corrected chi connectivity index (χ3v) is 1.53. The van der Waals surface area contributed by atoms with Crippen molar-refractivity contribution in [1.82, 2.24) is 0 Å². The maximum atomic E-state index is 12.6. The summed E-state index contributed by atoms with van der Waals surface area (Å²) in [6, 6.07) is -0.0642. The zero-order valence-electron chi connectivity index (χ0n) is 8.22. The Morgan fingerprint density at radius 1 is 1.20 bits per heavy atom. The Morgan fingerprint density at radius 3 is 1.93 bits per heavy atom. The predicted octanol–water partition coefficient (Wildman–Crippen LogP) is -1.47. The Balaban J connectivity index is 0. The van der Waals surface area contributed by atoms with Gasteiger partial charge in [-0.25, -0.2) is 13.0 Å². The van der Waals surface area contributed by atoms with Gasteiger partial charge in [-0.3, -0.25) is 0 Å². The van der Waals surface area contributed by atoms with Gasteiger partial charge in [0, 0.05) is 6.07 Å². The fraction of sp³-hybridized carbons (Fsp3) is 0. The summed E-state index contributed by atoms with van der Waals surface area (Å²) >= 11 is -3.32. The second-order valence-electron chi connectivity index (χ2n) is 2.08. The van der Waals surface area contributed by atoms with Gasteiger partial charge in [-0.05, 0) is 0 Å². The van der Waals surface area contributed by atoms with Crippen LogP contribution in [0.1, 0.15) is 1.43 Å². The van der Waals surface area contributed by atoms with E-state index in [1.807, 2.05) is 0 Å². The van der Waals surface area contributed by atoms with E-state index in [1.54, 1.807) is 0 Å². The molecule has 1 aromatic rings. The molecule has 15 heavy (non-hydrogen) atoms. The van der Waals surface area contributed by atoms with Gasteiger partial charge in [-0.15, -0.1) is 0 Å². The van der Waals surface area contributed by atoms with Crippen molar-refractivity contribution in [2.75, 3.05) is 0 Å². The Labute approximate surface area is 108 Å². The minimum atomic E-state index is -3.32. The average molecular weight is 253 g/mol. The van der Waals surface area contributed by atoms with Gasteiger partial charge in [-0.1, -0.05) is 0 Å². The molecule has 0 bridgehead atoms. The molecule has 0 N–H and O–H groups in total. The van der Waals surface area contributed by atoms with Crippen LogP contribution < -0.4 is 33.7 Å². The molecule has 0 amide bonds. The first-order chi connectivity index (χ1) is 6.43. The molecule has 3 nitrogen and oxygen atoms in total. The second kappa shape index (κ2) is 5.80. The van der Waals surface area contributed by atoms with Gasteiger partial charge >= 0.3 is 29.6 Å². The van der Waals surface area contributed by atoms with Crippen molar-refractivity contribution < 1.29 is 61.5 Å². The molecule has 0 fully saturated rings. The standard InChI is InChI=1S/C6H2F4O3S.Na.H/c7-2-1-3(8)5(10)6(4(2)9)13-14(11)12;;/h1H,(H,11,12);;/q;+1;-1/p-1. The van der Waals surface area contributed by atoms with Crippen LogP contribution in [0, 0.1) is 23.3 Å². The monoisotopic (exact) mass is 253 g/mol. The van der Waals surface area contributed by atoms with Crippen LogP contribution in [0.15, 0.2) is 6.07 Å². The Kier molecular flexibility index (Phi) is 5.75. The minimum Gasteiger partial charge on any atom is -1.00 e. The van der Waals surface area contributed by atoms with Gasteiger partial charge in [0.1, 0.15) is 11.4 Å². The normalized spacial score (nSPS) is 11.8. The maximum absolute atomic E-state index is 12.6. The fourth-order valence-corrected chi connectivity index (χ4v) is 0.975. The zero-order chi connectivity index (χ0) is 10.9. The maximum Gasteiger partial charge on any atom is 1.00 e. The van der Waals surface area contributed by atoms with Gasteiger partial charge in [0.2, 0.25) is 17.4 Å². The largest absolute Gasteiger partial charge is 1.00 e. The van der Waals surface area contributed by atoms with Crippen LogP contribution in [0.3, 0.4) is 0 Å². The molecular weight excluding hydrogens is 251 g/mol. The first-order valence-corrected chi connectivity index (χ1v) is 4.04. The van der Waals surface area contributed by atoms with Crippen LogP contribution in [0.25, 0.3) is 0 Å². The van der Waals surface area contributed by atoms with Crippen LogP contribution >= 0.6 is 0 Å². The summed E-state index contributed by atoms with van der Waals surface area (Å²) in [5, 5.41) is 0. The van der Waals surface area contributed by atoms with E-state index in [4.69, 9.17) is 0 Å². The smallest absolute Gasteiger partial charge is 1.00 e. The van der Waals surface area contributed by atoms with Gasteiger partial charge in [0.15, 0.2) is 11.6 Å². The van der Waals surface area contributed by atoms with Crippen molar-refractivity contribution in [3.8, 4) is 5.75 Å². The molecule has 0 aliphatic rings. The molecule has 0 aliphatic heterocycles. The van der Waals surface area contributed by atoms with Crippen LogP contribution in [0.2, 0.25) is 0 Å². The summed E-state index contributed by atoms with van der Waals surface area (Å²) in [7, 11) is 0. The van der Waals surface area contributed by atoms with E-state index in [0.717, 1.165) is 0 Å². The summed E-state index contributed by atoms with van der Waals surface area (Å²) < 4.78 is 73.4. The molecule has 9 heteroatoms. The first-order valence-electron chi connectivity index (χ1n) is 3.04. The van der Waals surface area contributed by atoms with Crippen molar-refractivity contribution in [3.05, 3.63) is 29.3 Å². The van der Waals surface area contributed by atoms with Crippen LogP contribution in [-0.2, 0) is 11.4 Å². The van der Waals surface area contributed by atoms with Crippen LogP contribution in [-0.4, -0.2) is 8.76 Å². The third kappa shape index (κ3) is 3.42. The number of halogens is 4.